The summed E-state index contributed by atoms with van der Waals surface area (Å²) in [6, 6.07) is 6.73. The summed E-state index contributed by atoms with van der Waals surface area (Å²) in [7, 11) is -0.840. The molecule has 0 aliphatic rings. The number of aromatic nitrogens is 2. The zero-order valence-electron chi connectivity index (χ0n) is 18.1. The molecule has 1 aromatic carbocycles. The van der Waals surface area contributed by atoms with E-state index in [0.29, 0.717) is 39.4 Å². The van der Waals surface area contributed by atoms with Crippen LogP contribution < -0.4 is 19.5 Å². The minimum absolute atomic E-state index is 0.0769. The van der Waals surface area contributed by atoms with E-state index in [2.05, 4.69) is 20.2 Å². The van der Waals surface area contributed by atoms with Crippen LogP contribution in [0.2, 0.25) is 0 Å². The Morgan fingerprint density at radius 1 is 1.19 bits per heavy atom. The summed E-state index contributed by atoms with van der Waals surface area (Å²) in [5, 5.41) is 6.55. The highest BCUT2D eigenvalue weighted by Crippen LogP contribution is 2.32. The number of thiophene rings is 1. The predicted octanol–water partition coefficient (Wildman–Crippen LogP) is 2.28. The van der Waals surface area contributed by atoms with Crippen molar-refractivity contribution in [1.29, 1.82) is 0 Å². The second-order valence-corrected chi connectivity index (χ2v) is 9.68. The first-order valence-corrected chi connectivity index (χ1v) is 12.0. The van der Waals surface area contributed by atoms with Gasteiger partial charge in [-0.1, -0.05) is 18.1 Å². The van der Waals surface area contributed by atoms with Gasteiger partial charge in [0.25, 0.3) is 0 Å². The molecule has 0 saturated carbocycles. The van der Waals surface area contributed by atoms with Gasteiger partial charge in [0, 0.05) is 17.8 Å². The lowest BCUT2D eigenvalue weighted by molar-refractivity contribution is -0.120. The van der Waals surface area contributed by atoms with Gasteiger partial charge in [0.15, 0.2) is 11.5 Å². The van der Waals surface area contributed by atoms with Crippen LogP contribution in [0.15, 0.2) is 33.7 Å². The van der Waals surface area contributed by atoms with Crippen molar-refractivity contribution in [2.75, 3.05) is 20.8 Å². The van der Waals surface area contributed by atoms with E-state index >= 15 is 0 Å². The maximum absolute atomic E-state index is 12.7. The maximum atomic E-state index is 12.7. The Bertz CT molecular complexity index is 1200. The van der Waals surface area contributed by atoms with E-state index in [4.69, 9.17) is 14.0 Å². The molecule has 1 amide bonds. The van der Waals surface area contributed by atoms with Crippen LogP contribution in [-0.4, -0.2) is 45.2 Å². The molecule has 2 heterocycles. The molecule has 0 bridgehead atoms. The zero-order valence-corrected chi connectivity index (χ0v) is 19.7. The molecular weight excluding hydrogens is 456 g/mol. The van der Waals surface area contributed by atoms with Gasteiger partial charge < -0.3 is 19.3 Å². The number of hydrogen-bond acceptors (Lipinski definition) is 9. The average Bonchev–Trinajstić information content (AvgIpc) is 3.43. The van der Waals surface area contributed by atoms with Crippen LogP contribution in [0.1, 0.15) is 23.3 Å². The van der Waals surface area contributed by atoms with E-state index in [9.17, 15) is 13.2 Å². The van der Waals surface area contributed by atoms with Crippen molar-refractivity contribution in [3.8, 4) is 22.2 Å². The summed E-state index contributed by atoms with van der Waals surface area (Å²) in [5.74, 6) is 1.45. The van der Waals surface area contributed by atoms with Gasteiger partial charge in [-0.05, 0) is 30.7 Å². The molecule has 0 aliphatic carbocycles. The van der Waals surface area contributed by atoms with E-state index in [1.165, 1.54) is 31.6 Å². The van der Waals surface area contributed by atoms with E-state index in [1.54, 1.807) is 25.1 Å². The second kappa shape index (κ2) is 10.1. The molecule has 172 valence electrons. The fraction of sp³-hybridized carbons (Fsp3) is 0.350. The molecule has 0 aliphatic heterocycles. The number of hydrogen-bond donors (Lipinski definition) is 2. The van der Waals surface area contributed by atoms with E-state index in [-0.39, 0.29) is 11.4 Å². The summed E-state index contributed by atoms with van der Waals surface area (Å²) in [6.07, 6.45) is 0.586. The number of nitrogens with one attached hydrogen (secondary N) is 2. The highest BCUT2D eigenvalue weighted by molar-refractivity contribution is 7.89. The molecule has 3 rings (SSSR count). The highest BCUT2D eigenvalue weighted by atomic mass is 32.2. The second-order valence-electron chi connectivity index (χ2n) is 6.69. The van der Waals surface area contributed by atoms with Crippen molar-refractivity contribution in [3.05, 3.63) is 40.6 Å². The van der Waals surface area contributed by atoms with Crippen molar-refractivity contribution in [2.24, 2.45) is 0 Å². The molecule has 3 aromatic rings. The average molecular weight is 481 g/mol. The highest BCUT2D eigenvalue weighted by Gasteiger charge is 2.23. The number of rotatable bonds is 10. The first-order chi connectivity index (χ1) is 15.3. The molecule has 0 spiro atoms. The van der Waals surface area contributed by atoms with Gasteiger partial charge in [0.1, 0.15) is 0 Å². The molecule has 2 aromatic heterocycles. The number of nitrogens with zero attached hydrogens (tertiary/aromatic N) is 2. The Morgan fingerprint density at radius 2 is 1.94 bits per heavy atom. The molecule has 10 nitrogen and oxygen atoms in total. The van der Waals surface area contributed by atoms with Gasteiger partial charge in [0.2, 0.25) is 27.6 Å². The van der Waals surface area contributed by atoms with Gasteiger partial charge in [-0.15, -0.1) is 11.3 Å². The summed E-state index contributed by atoms with van der Waals surface area (Å²) in [6.45, 7) is 3.37. The number of amides is 1. The standard InChI is InChI=1S/C20H24N4O6S2/c1-5-19-23-20(24-30-19)16-9-17(12(2)31-16)32(26,27)22-11-18(25)21-10-13-6-7-14(28-3)15(8-13)29-4/h6-9,22H,5,10-11H2,1-4H3,(H,21,25). The zero-order chi connectivity index (χ0) is 23.3. The van der Waals surface area contributed by atoms with Crippen LogP contribution in [0, 0.1) is 6.92 Å². The molecule has 2 N–H and O–H groups in total. The Balaban J connectivity index is 1.61. The maximum Gasteiger partial charge on any atom is 0.242 e. The van der Waals surface area contributed by atoms with Gasteiger partial charge in [-0.2, -0.15) is 4.98 Å². The molecular formula is C20H24N4O6S2. The number of aryl methyl sites for hydroxylation is 2. The Morgan fingerprint density at radius 3 is 2.59 bits per heavy atom. The van der Waals surface area contributed by atoms with E-state index in [1.807, 2.05) is 6.92 Å². The van der Waals surface area contributed by atoms with Crippen molar-refractivity contribution in [2.45, 2.75) is 31.7 Å². The summed E-state index contributed by atoms with van der Waals surface area (Å²) in [5.41, 5.74) is 0.781. The number of carbonyl (C=O) groups excluding carboxylic acids is 1. The molecule has 0 atom stereocenters. The van der Waals surface area contributed by atoms with Crippen molar-refractivity contribution >= 4 is 27.3 Å². The van der Waals surface area contributed by atoms with Crippen molar-refractivity contribution in [1.82, 2.24) is 20.2 Å². The topological polar surface area (TPSA) is 133 Å². The van der Waals surface area contributed by atoms with Crippen LogP contribution >= 0.6 is 11.3 Å². The lowest BCUT2D eigenvalue weighted by Crippen LogP contribution is -2.36. The van der Waals surface area contributed by atoms with Crippen LogP contribution in [0.5, 0.6) is 11.5 Å². The normalized spacial score (nSPS) is 11.4. The number of sulfonamides is 1. The number of carbonyl (C=O) groups is 1. The van der Waals surface area contributed by atoms with Crippen molar-refractivity contribution < 1.29 is 27.2 Å². The van der Waals surface area contributed by atoms with E-state index in [0.717, 1.165) is 5.56 Å². The monoisotopic (exact) mass is 480 g/mol. The SMILES string of the molecule is CCc1nc(-c2cc(S(=O)(=O)NCC(=O)NCc3ccc(OC)c(OC)c3)c(C)s2)no1. The van der Waals surface area contributed by atoms with Gasteiger partial charge >= 0.3 is 0 Å². The van der Waals surface area contributed by atoms with Gasteiger partial charge in [-0.3, -0.25) is 4.79 Å². The third-order valence-electron chi connectivity index (χ3n) is 4.51. The quantitative estimate of drug-likeness (QED) is 0.452. The first kappa shape index (κ1) is 23.7. The fourth-order valence-electron chi connectivity index (χ4n) is 2.83. The minimum Gasteiger partial charge on any atom is -0.493 e. The largest absolute Gasteiger partial charge is 0.493 e. The third-order valence-corrected chi connectivity index (χ3v) is 7.22. The summed E-state index contributed by atoms with van der Waals surface area (Å²) < 4.78 is 43.3. The lowest BCUT2D eigenvalue weighted by Gasteiger charge is -2.11. The summed E-state index contributed by atoms with van der Waals surface area (Å²) in [4.78, 5) is 17.6. The Kier molecular flexibility index (Phi) is 7.48. The summed E-state index contributed by atoms with van der Waals surface area (Å²) >= 11 is 1.24. The molecule has 0 fully saturated rings. The molecule has 0 radical (unpaired) electrons. The van der Waals surface area contributed by atoms with Gasteiger partial charge in [0.05, 0.1) is 30.5 Å². The Labute approximate surface area is 190 Å². The van der Waals surface area contributed by atoms with E-state index < -0.39 is 22.5 Å². The fourth-order valence-corrected chi connectivity index (χ4v) is 5.33. The molecule has 32 heavy (non-hydrogen) atoms. The van der Waals surface area contributed by atoms with Crippen LogP contribution in [0.25, 0.3) is 10.7 Å². The van der Waals surface area contributed by atoms with Crippen LogP contribution in [0.4, 0.5) is 0 Å². The minimum atomic E-state index is -3.90. The Hall–Kier alpha value is -2.96. The number of methoxy groups -OCH3 is 2. The molecule has 0 unspecified atom stereocenters. The molecule has 12 heteroatoms. The smallest absolute Gasteiger partial charge is 0.242 e. The van der Waals surface area contributed by atoms with Gasteiger partial charge in [-0.25, -0.2) is 13.1 Å². The number of ether oxygens (including phenoxy) is 2. The lowest BCUT2D eigenvalue weighted by atomic mass is 10.2. The van der Waals surface area contributed by atoms with Crippen molar-refractivity contribution in [3.63, 3.8) is 0 Å². The number of benzene rings is 1. The first-order valence-electron chi connectivity index (χ1n) is 9.68. The third kappa shape index (κ3) is 5.44. The molecule has 0 saturated heterocycles. The van der Waals surface area contributed by atoms with Crippen LogP contribution in [0.3, 0.4) is 0 Å². The predicted molar refractivity (Wildman–Crippen MR) is 118 cm³/mol. The van der Waals surface area contributed by atoms with Crippen LogP contribution in [-0.2, 0) is 27.8 Å².